The van der Waals surface area contributed by atoms with Crippen LogP contribution >= 0.6 is 0 Å². The van der Waals surface area contributed by atoms with Gasteiger partial charge in [-0.3, -0.25) is 0 Å². The number of rotatable bonds is 6. The van der Waals surface area contributed by atoms with Crippen LogP contribution in [0.4, 0.5) is 10.5 Å². The first kappa shape index (κ1) is 19.8. The van der Waals surface area contributed by atoms with Gasteiger partial charge in [-0.05, 0) is 44.4 Å². The first-order valence-corrected chi connectivity index (χ1v) is 8.80. The van der Waals surface area contributed by atoms with E-state index in [9.17, 15) is 9.90 Å². The standard InChI is InChI=1S/C21H28N2O3/c1-21(2,3)26-20(25)23(14-13-16-9-7-8-12-18(16)22)15-19(24)17-10-5-4-6-11-17/h4-12,19,24H,13-15,22H2,1-3H3. The summed E-state index contributed by atoms with van der Waals surface area (Å²) >= 11 is 0. The van der Waals surface area contributed by atoms with Crippen LogP contribution in [0.25, 0.3) is 0 Å². The first-order chi connectivity index (χ1) is 12.3. The SMILES string of the molecule is CC(C)(C)OC(=O)N(CCc1ccccc1N)CC(O)c1ccccc1. The molecule has 2 rings (SSSR count). The molecule has 1 atom stereocenters. The number of benzene rings is 2. The number of carbonyl (C=O) groups excluding carboxylic acids is 1. The molecule has 0 spiro atoms. The number of carbonyl (C=O) groups is 1. The Bertz CT molecular complexity index is 711. The van der Waals surface area contributed by atoms with Crippen molar-refractivity contribution in [1.82, 2.24) is 4.90 Å². The highest BCUT2D eigenvalue weighted by molar-refractivity contribution is 5.68. The first-order valence-electron chi connectivity index (χ1n) is 8.80. The molecule has 0 aliphatic rings. The lowest BCUT2D eigenvalue weighted by Crippen LogP contribution is -2.40. The van der Waals surface area contributed by atoms with Gasteiger partial charge in [-0.15, -0.1) is 0 Å². The van der Waals surface area contributed by atoms with Gasteiger partial charge < -0.3 is 20.5 Å². The Morgan fingerprint density at radius 2 is 1.73 bits per heavy atom. The van der Waals surface area contributed by atoms with Crippen molar-refractivity contribution in [2.75, 3.05) is 18.8 Å². The normalized spacial score (nSPS) is 12.5. The molecule has 140 valence electrons. The molecule has 5 nitrogen and oxygen atoms in total. The van der Waals surface area contributed by atoms with Crippen molar-refractivity contribution in [3.05, 3.63) is 65.7 Å². The third-order valence-corrected chi connectivity index (χ3v) is 3.94. The lowest BCUT2D eigenvalue weighted by molar-refractivity contribution is 0.0147. The molecule has 5 heteroatoms. The zero-order chi connectivity index (χ0) is 19.2. The van der Waals surface area contributed by atoms with E-state index in [2.05, 4.69) is 0 Å². The van der Waals surface area contributed by atoms with E-state index in [-0.39, 0.29) is 6.54 Å². The lowest BCUT2D eigenvalue weighted by Gasteiger charge is -2.29. The van der Waals surface area contributed by atoms with Gasteiger partial charge in [0, 0.05) is 12.2 Å². The van der Waals surface area contributed by atoms with Gasteiger partial charge in [0.1, 0.15) is 5.60 Å². The van der Waals surface area contributed by atoms with Crippen LogP contribution in [0.2, 0.25) is 0 Å². The Morgan fingerprint density at radius 1 is 1.12 bits per heavy atom. The zero-order valence-electron chi connectivity index (χ0n) is 15.7. The van der Waals surface area contributed by atoms with Crippen molar-refractivity contribution in [3.8, 4) is 0 Å². The highest BCUT2D eigenvalue weighted by atomic mass is 16.6. The van der Waals surface area contributed by atoms with E-state index in [4.69, 9.17) is 10.5 Å². The van der Waals surface area contributed by atoms with E-state index >= 15 is 0 Å². The number of anilines is 1. The van der Waals surface area contributed by atoms with E-state index in [1.165, 1.54) is 4.90 Å². The molecule has 0 fully saturated rings. The number of para-hydroxylation sites is 1. The predicted molar refractivity (Wildman–Crippen MR) is 104 cm³/mol. The van der Waals surface area contributed by atoms with Crippen LogP contribution in [0.1, 0.15) is 38.0 Å². The second kappa shape index (κ2) is 8.72. The van der Waals surface area contributed by atoms with Gasteiger partial charge in [0.05, 0.1) is 12.6 Å². The van der Waals surface area contributed by atoms with Crippen LogP contribution in [0.15, 0.2) is 54.6 Å². The summed E-state index contributed by atoms with van der Waals surface area (Å²) in [6.45, 7) is 6.04. The van der Waals surface area contributed by atoms with Crippen molar-refractivity contribution in [3.63, 3.8) is 0 Å². The van der Waals surface area contributed by atoms with Gasteiger partial charge in [-0.2, -0.15) is 0 Å². The van der Waals surface area contributed by atoms with Gasteiger partial charge in [-0.1, -0.05) is 48.5 Å². The van der Waals surface area contributed by atoms with Crippen LogP contribution < -0.4 is 5.73 Å². The Morgan fingerprint density at radius 3 is 2.35 bits per heavy atom. The predicted octanol–water partition coefficient (Wildman–Crippen LogP) is 3.78. The molecule has 1 amide bonds. The minimum atomic E-state index is -0.781. The molecular weight excluding hydrogens is 328 g/mol. The van der Waals surface area contributed by atoms with Gasteiger partial charge in [0.25, 0.3) is 0 Å². The number of nitrogen functional groups attached to an aromatic ring is 1. The Kier molecular flexibility index (Phi) is 6.64. The fraction of sp³-hybridized carbons (Fsp3) is 0.381. The number of ether oxygens (including phenoxy) is 1. The molecule has 0 saturated heterocycles. The lowest BCUT2D eigenvalue weighted by atomic mass is 10.1. The molecule has 0 aromatic heterocycles. The maximum Gasteiger partial charge on any atom is 0.410 e. The molecule has 0 heterocycles. The monoisotopic (exact) mass is 356 g/mol. The smallest absolute Gasteiger partial charge is 0.410 e. The Labute approximate surface area is 155 Å². The van der Waals surface area contributed by atoms with Crippen molar-refractivity contribution < 1.29 is 14.6 Å². The number of hydrogen-bond donors (Lipinski definition) is 2. The highest BCUT2D eigenvalue weighted by Gasteiger charge is 2.24. The van der Waals surface area contributed by atoms with E-state index in [0.29, 0.717) is 18.7 Å². The molecule has 2 aromatic rings. The van der Waals surface area contributed by atoms with Gasteiger partial charge in [0.2, 0.25) is 0 Å². The van der Waals surface area contributed by atoms with Crippen molar-refractivity contribution >= 4 is 11.8 Å². The van der Waals surface area contributed by atoms with Crippen molar-refractivity contribution in [2.24, 2.45) is 0 Å². The molecule has 0 aliphatic carbocycles. The van der Waals surface area contributed by atoms with Crippen LogP contribution in [-0.2, 0) is 11.2 Å². The summed E-state index contributed by atoms with van der Waals surface area (Å²) in [5, 5.41) is 10.5. The molecule has 3 N–H and O–H groups in total. The van der Waals surface area contributed by atoms with E-state index < -0.39 is 17.8 Å². The summed E-state index contributed by atoms with van der Waals surface area (Å²) in [4.78, 5) is 14.1. The highest BCUT2D eigenvalue weighted by Crippen LogP contribution is 2.18. The summed E-state index contributed by atoms with van der Waals surface area (Å²) in [5.41, 5.74) is 7.82. The van der Waals surface area contributed by atoms with Gasteiger partial charge >= 0.3 is 6.09 Å². The van der Waals surface area contributed by atoms with Crippen molar-refractivity contribution in [2.45, 2.75) is 38.9 Å². The fourth-order valence-electron chi connectivity index (χ4n) is 2.59. The second-order valence-corrected chi connectivity index (χ2v) is 7.30. The molecule has 0 bridgehead atoms. The summed E-state index contributed by atoms with van der Waals surface area (Å²) in [5.74, 6) is 0. The average molecular weight is 356 g/mol. The molecule has 2 aromatic carbocycles. The van der Waals surface area contributed by atoms with Gasteiger partial charge in [-0.25, -0.2) is 4.79 Å². The molecule has 0 radical (unpaired) electrons. The number of nitrogens with zero attached hydrogens (tertiary/aromatic N) is 1. The molecule has 0 saturated carbocycles. The maximum atomic E-state index is 12.6. The number of hydrogen-bond acceptors (Lipinski definition) is 4. The molecular formula is C21H28N2O3. The number of aliphatic hydroxyl groups is 1. The molecule has 0 aliphatic heterocycles. The number of nitrogens with two attached hydrogens (primary N) is 1. The third kappa shape index (κ3) is 6.08. The largest absolute Gasteiger partial charge is 0.444 e. The Hall–Kier alpha value is -2.53. The Balaban J connectivity index is 2.10. The summed E-state index contributed by atoms with van der Waals surface area (Å²) < 4.78 is 5.50. The van der Waals surface area contributed by atoms with Crippen LogP contribution in [-0.4, -0.2) is 34.8 Å². The number of aliphatic hydroxyl groups excluding tert-OH is 1. The third-order valence-electron chi connectivity index (χ3n) is 3.94. The number of amides is 1. The van der Waals surface area contributed by atoms with E-state index in [1.807, 2.05) is 75.4 Å². The van der Waals surface area contributed by atoms with Crippen LogP contribution in [0.5, 0.6) is 0 Å². The quantitative estimate of drug-likeness (QED) is 0.772. The summed E-state index contributed by atoms with van der Waals surface area (Å²) in [6.07, 6.45) is -0.633. The van der Waals surface area contributed by atoms with E-state index in [0.717, 1.165) is 11.1 Å². The maximum absolute atomic E-state index is 12.6. The second-order valence-electron chi connectivity index (χ2n) is 7.30. The summed E-state index contributed by atoms with van der Waals surface area (Å²) in [7, 11) is 0. The van der Waals surface area contributed by atoms with Crippen LogP contribution in [0.3, 0.4) is 0 Å². The van der Waals surface area contributed by atoms with Gasteiger partial charge in [0.15, 0.2) is 0 Å². The minimum Gasteiger partial charge on any atom is -0.444 e. The molecule has 26 heavy (non-hydrogen) atoms. The van der Waals surface area contributed by atoms with E-state index in [1.54, 1.807) is 0 Å². The fourth-order valence-corrected chi connectivity index (χ4v) is 2.59. The zero-order valence-corrected chi connectivity index (χ0v) is 15.7. The average Bonchev–Trinajstić information content (AvgIpc) is 2.59. The topological polar surface area (TPSA) is 75.8 Å². The molecule has 1 unspecified atom stereocenters. The summed E-state index contributed by atoms with van der Waals surface area (Å²) in [6, 6.07) is 16.9. The minimum absolute atomic E-state index is 0.158. The van der Waals surface area contributed by atoms with Crippen LogP contribution in [0, 0.1) is 0 Å². The van der Waals surface area contributed by atoms with Crippen molar-refractivity contribution in [1.29, 1.82) is 0 Å².